The molecule has 1 aliphatic rings. The lowest BCUT2D eigenvalue weighted by atomic mass is 10.2. The Hall–Kier alpha value is -1.95. The smallest absolute Gasteiger partial charge is 0.329 e. The second-order valence-electron chi connectivity index (χ2n) is 4.73. The van der Waals surface area contributed by atoms with Crippen LogP contribution in [0.3, 0.4) is 0 Å². The molecule has 2 rings (SSSR count). The van der Waals surface area contributed by atoms with Gasteiger partial charge in [0.05, 0.1) is 0 Å². The van der Waals surface area contributed by atoms with Crippen molar-refractivity contribution in [3.8, 4) is 0 Å². The molecule has 1 amide bonds. The number of hydrogen-bond acceptors (Lipinski definition) is 3. The van der Waals surface area contributed by atoms with Crippen molar-refractivity contribution in [1.29, 1.82) is 0 Å². The van der Waals surface area contributed by atoms with Crippen LogP contribution in [-0.2, 0) is 20.9 Å². The minimum Gasteiger partial charge on any atom is -0.480 e. The van der Waals surface area contributed by atoms with E-state index in [1.54, 1.807) is 23.1 Å². The Morgan fingerprint density at radius 3 is 2.60 bits per heavy atom. The van der Waals surface area contributed by atoms with Gasteiger partial charge in [-0.25, -0.2) is 9.18 Å². The number of halogens is 1. The summed E-state index contributed by atoms with van der Waals surface area (Å²) in [6.45, 7) is -0.617. The Balaban J connectivity index is 1.95. The van der Waals surface area contributed by atoms with Crippen molar-refractivity contribution in [3.05, 3.63) is 35.6 Å². The molecule has 0 atom stereocenters. The first-order valence-electron chi connectivity index (χ1n) is 6.40. The summed E-state index contributed by atoms with van der Waals surface area (Å²) in [6.07, 6.45) is 1.78. The molecule has 0 saturated heterocycles. The third-order valence-corrected chi connectivity index (χ3v) is 3.06. The van der Waals surface area contributed by atoms with E-state index in [9.17, 15) is 14.0 Å². The van der Waals surface area contributed by atoms with Crippen LogP contribution in [0, 0.1) is 5.82 Å². The molecule has 1 aliphatic carbocycles. The number of benzene rings is 1. The number of carbonyl (C=O) groups excluding carboxylic acids is 1. The van der Waals surface area contributed by atoms with Crippen LogP contribution in [0.25, 0.3) is 0 Å². The highest BCUT2D eigenvalue weighted by Crippen LogP contribution is 2.28. The second-order valence-corrected chi connectivity index (χ2v) is 4.73. The summed E-state index contributed by atoms with van der Waals surface area (Å²) in [7, 11) is 0. The predicted octanol–water partition coefficient (Wildman–Crippen LogP) is 1.42. The predicted molar refractivity (Wildman–Crippen MR) is 68.4 cm³/mol. The minimum atomic E-state index is -1.12. The van der Waals surface area contributed by atoms with E-state index in [0.717, 1.165) is 12.8 Å². The summed E-state index contributed by atoms with van der Waals surface area (Å²) in [5, 5.41) is 8.46. The van der Waals surface area contributed by atoms with Gasteiger partial charge >= 0.3 is 5.97 Å². The van der Waals surface area contributed by atoms with Crippen molar-refractivity contribution in [2.45, 2.75) is 25.4 Å². The van der Waals surface area contributed by atoms with Gasteiger partial charge in [0, 0.05) is 18.2 Å². The summed E-state index contributed by atoms with van der Waals surface area (Å²) in [5.74, 6) is -1.78. The molecule has 0 bridgehead atoms. The third-order valence-electron chi connectivity index (χ3n) is 3.06. The van der Waals surface area contributed by atoms with Gasteiger partial charge in [0.2, 0.25) is 5.91 Å². The van der Waals surface area contributed by atoms with Crippen molar-refractivity contribution in [1.82, 2.24) is 4.90 Å². The Morgan fingerprint density at radius 1 is 1.30 bits per heavy atom. The van der Waals surface area contributed by atoms with Gasteiger partial charge in [-0.3, -0.25) is 4.79 Å². The number of amides is 1. The molecule has 0 heterocycles. The number of rotatable bonds is 7. The molecule has 0 aromatic heterocycles. The van der Waals surface area contributed by atoms with E-state index in [-0.39, 0.29) is 30.9 Å². The SMILES string of the molecule is O=C(O)COCC(=O)N(Cc1ccccc1F)C1CC1. The lowest BCUT2D eigenvalue weighted by molar-refractivity contribution is -0.146. The van der Waals surface area contributed by atoms with Gasteiger partial charge < -0.3 is 14.7 Å². The fourth-order valence-electron chi connectivity index (χ4n) is 1.93. The van der Waals surface area contributed by atoms with Gasteiger partial charge in [0.1, 0.15) is 19.0 Å². The molecule has 0 spiro atoms. The summed E-state index contributed by atoms with van der Waals surface area (Å²) in [5.41, 5.74) is 0.450. The number of ether oxygens (including phenoxy) is 1. The second kappa shape index (κ2) is 6.47. The van der Waals surface area contributed by atoms with Crippen LogP contribution >= 0.6 is 0 Å². The van der Waals surface area contributed by atoms with E-state index >= 15 is 0 Å². The quantitative estimate of drug-likeness (QED) is 0.820. The van der Waals surface area contributed by atoms with Gasteiger partial charge in [-0.15, -0.1) is 0 Å². The van der Waals surface area contributed by atoms with Gasteiger partial charge in [-0.05, 0) is 18.9 Å². The van der Waals surface area contributed by atoms with Gasteiger partial charge in [-0.2, -0.15) is 0 Å². The number of carboxylic acids is 1. The highest BCUT2D eigenvalue weighted by Gasteiger charge is 2.32. The fourth-order valence-corrected chi connectivity index (χ4v) is 1.93. The molecule has 0 aliphatic heterocycles. The average molecular weight is 281 g/mol. The molecule has 1 aromatic carbocycles. The van der Waals surface area contributed by atoms with Crippen molar-refractivity contribution < 1.29 is 23.8 Å². The van der Waals surface area contributed by atoms with Crippen LogP contribution in [0.4, 0.5) is 4.39 Å². The maximum Gasteiger partial charge on any atom is 0.329 e. The molecule has 5 nitrogen and oxygen atoms in total. The lowest BCUT2D eigenvalue weighted by Gasteiger charge is -2.22. The van der Waals surface area contributed by atoms with Crippen LogP contribution in [-0.4, -0.2) is 41.1 Å². The highest BCUT2D eigenvalue weighted by atomic mass is 19.1. The number of carbonyl (C=O) groups is 2. The summed E-state index contributed by atoms with van der Waals surface area (Å²) in [6, 6.07) is 6.41. The molecule has 1 aromatic rings. The summed E-state index contributed by atoms with van der Waals surface area (Å²) < 4.78 is 18.4. The van der Waals surface area contributed by atoms with E-state index in [1.807, 2.05) is 0 Å². The van der Waals surface area contributed by atoms with Crippen LogP contribution in [0.1, 0.15) is 18.4 Å². The molecule has 1 fully saturated rings. The number of hydrogen-bond donors (Lipinski definition) is 1. The summed E-state index contributed by atoms with van der Waals surface area (Å²) in [4.78, 5) is 23.9. The lowest BCUT2D eigenvalue weighted by Crippen LogP contribution is -2.36. The van der Waals surface area contributed by atoms with Crippen molar-refractivity contribution >= 4 is 11.9 Å². The maximum atomic E-state index is 13.6. The van der Waals surface area contributed by atoms with Gasteiger partial charge in [0.15, 0.2) is 0 Å². The average Bonchev–Trinajstić information content (AvgIpc) is 3.21. The van der Waals surface area contributed by atoms with E-state index in [4.69, 9.17) is 9.84 Å². The minimum absolute atomic E-state index is 0.107. The number of aliphatic carboxylic acids is 1. The molecule has 1 N–H and O–H groups in total. The van der Waals surface area contributed by atoms with Gasteiger partial charge in [-0.1, -0.05) is 18.2 Å². The zero-order valence-corrected chi connectivity index (χ0v) is 10.9. The van der Waals surface area contributed by atoms with Crippen molar-refractivity contribution in [2.24, 2.45) is 0 Å². The fraction of sp³-hybridized carbons (Fsp3) is 0.429. The normalized spacial score (nSPS) is 14.1. The molecule has 0 radical (unpaired) electrons. The molecular weight excluding hydrogens is 265 g/mol. The van der Waals surface area contributed by atoms with Crippen LogP contribution in [0.15, 0.2) is 24.3 Å². The molecule has 0 unspecified atom stereocenters. The molecule has 6 heteroatoms. The Bertz CT molecular complexity index is 502. The Kier molecular flexibility index (Phi) is 4.68. The molecule has 1 saturated carbocycles. The maximum absolute atomic E-state index is 13.6. The monoisotopic (exact) mass is 281 g/mol. The largest absolute Gasteiger partial charge is 0.480 e. The zero-order valence-electron chi connectivity index (χ0n) is 10.9. The van der Waals surface area contributed by atoms with E-state index < -0.39 is 12.6 Å². The van der Waals surface area contributed by atoms with Crippen LogP contribution in [0.5, 0.6) is 0 Å². The Morgan fingerprint density at radius 2 is 2.00 bits per heavy atom. The van der Waals surface area contributed by atoms with Crippen LogP contribution in [0.2, 0.25) is 0 Å². The van der Waals surface area contributed by atoms with Gasteiger partial charge in [0.25, 0.3) is 0 Å². The Labute approximate surface area is 116 Å². The zero-order chi connectivity index (χ0) is 14.5. The van der Waals surface area contributed by atoms with Crippen molar-refractivity contribution in [3.63, 3.8) is 0 Å². The number of carboxylic acid groups (broad SMARTS) is 1. The number of nitrogens with zero attached hydrogens (tertiary/aromatic N) is 1. The highest BCUT2D eigenvalue weighted by molar-refractivity contribution is 5.78. The van der Waals surface area contributed by atoms with E-state index in [2.05, 4.69) is 0 Å². The standard InChI is InChI=1S/C14H16FNO4/c15-12-4-2-1-3-10(12)7-16(11-5-6-11)13(17)8-20-9-14(18)19/h1-4,11H,5-9H2,(H,18,19). The first kappa shape index (κ1) is 14.5. The first-order valence-corrected chi connectivity index (χ1v) is 6.40. The van der Waals surface area contributed by atoms with Crippen molar-refractivity contribution in [2.75, 3.05) is 13.2 Å². The third kappa shape index (κ3) is 4.03. The summed E-state index contributed by atoms with van der Waals surface area (Å²) >= 11 is 0. The topological polar surface area (TPSA) is 66.8 Å². The molecule has 108 valence electrons. The van der Waals surface area contributed by atoms with Crippen LogP contribution < -0.4 is 0 Å². The molecular formula is C14H16FNO4. The first-order chi connectivity index (χ1) is 9.58. The molecule has 20 heavy (non-hydrogen) atoms. The van der Waals surface area contributed by atoms with E-state index in [1.165, 1.54) is 6.07 Å². The van der Waals surface area contributed by atoms with E-state index in [0.29, 0.717) is 5.56 Å².